The summed E-state index contributed by atoms with van der Waals surface area (Å²) < 4.78 is 13.6. The van der Waals surface area contributed by atoms with Crippen LogP contribution in [0.4, 0.5) is 15.2 Å². The number of carbonyl (C=O) groups excluding carboxylic acids is 1. The number of rotatable bonds is 5. The number of nitro groups is 1. The molecule has 0 saturated carbocycles. The van der Waals surface area contributed by atoms with E-state index in [1.807, 2.05) is 6.07 Å². The highest BCUT2D eigenvalue weighted by Crippen LogP contribution is 2.29. The molecule has 6 nitrogen and oxygen atoms in total. The maximum atomic E-state index is 13.6. The Morgan fingerprint density at radius 3 is 2.73 bits per heavy atom. The van der Waals surface area contributed by atoms with E-state index in [-0.39, 0.29) is 16.4 Å². The molecule has 0 unspecified atom stereocenters. The van der Waals surface area contributed by atoms with Gasteiger partial charge in [0, 0.05) is 23.6 Å². The molecule has 0 saturated heterocycles. The Labute approximate surface area is 156 Å². The van der Waals surface area contributed by atoms with Gasteiger partial charge in [-0.25, -0.2) is 9.37 Å². The van der Waals surface area contributed by atoms with Crippen molar-refractivity contribution in [3.05, 3.63) is 72.2 Å². The predicted molar refractivity (Wildman–Crippen MR) is 99.7 cm³/mol. The first-order valence-electron chi connectivity index (χ1n) is 7.59. The van der Waals surface area contributed by atoms with Gasteiger partial charge in [-0.1, -0.05) is 12.1 Å². The lowest BCUT2D eigenvalue weighted by Crippen LogP contribution is -2.09. The van der Waals surface area contributed by atoms with Gasteiger partial charge in [0.2, 0.25) is 0 Å². The van der Waals surface area contributed by atoms with Crippen molar-refractivity contribution in [3.8, 4) is 0 Å². The van der Waals surface area contributed by atoms with E-state index in [2.05, 4.69) is 10.3 Å². The largest absolute Gasteiger partial charge is 0.297 e. The van der Waals surface area contributed by atoms with Crippen LogP contribution in [0.3, 0.4) is 0 Å². The van der Waals surface area contributed by atoms with Crippen molar-refractivity contribution in [3.63, 3.8) is 0 Å². The van der Waals surface area contributed by atoms with E-state index >= 15 is 0 Å². The van der Waals surface area contributed by atoms with Crippen molar-refractivity contribution in [1.82, 2.24) is 4.98 Å². The molecule has 1 N–H and O–H groups in total. The number of nitrogens with zero attached hydrogens (tertiary/aromatic N) is 2. The second kappa shape index (κ2) is 7.30. The number of thiophene rings is 1. The van der Waals surface area contributed by atoms with Crippen LogP contribution in [0.25, 0.3) is 0 Å². The second-order valence-electron chi connectivity index (χ2n) is 5.66. The fourth-order valence-corrected chi connectivity index (χ4v) is 4.04. The number of aryl methyl sites for hydroxylation is 2. The molecule has 1 amide bonds. The molecule has 0 aliphatic rings. The molecule has 26 heavy (non-hydrogen) atoms. The van der Waals surface area contributed by atoms with Crippen molar-refractivity contribution < 1.29 is 14.1 Å². The molecule has 2 heterocycles. The van der Waals surface area contributed by atoms with Crippen LogP contribution in [0.5, 0.6) is 0 Å². The van der Waals surface area contributed by atoms with Crippen LogP contribution < -0.4 is 5.32 Å². The van der Waals surface area contributed by atoms with E-state index in [4.69, 9.17) is 0 Å². The molecule has 0 atom stereocenters. The van der Waals surface area contributed by atoms with Crippen molar-refractivity contribution >= 4 is 39.4 Å². The highest BCUT2D eigenvalue weighted by atomic mass is 32.1. The first-order valence-corrected chi connectivity index (χ1v) is 9.22. The summed E-state index contributed by atoms with van der Waals surface area (Å²) >= 11 is 2.35. The fourth-order valence-electron chi connectivity index (χ4n) is 2.32. The molecule has 1 aromatic carbocycles. The zero-order valence-corrected chi connectivity index (χ0v) is 15.5. The Bertz CT molecular complexity index is 997. The summed E-state index contributed by atoms with van der Waals surface area (Å²) in [6.07, 6.45) is 2.13. The van der Waals surface area contributed by atoms with Crippen molar-refractivity contribution in [2.24, 2.45) is 0 Å². The average molecular weight is 391 g/mol. The zero-order valence-electron chi connectivity index (χ0n) is 13.9. The Morgan fingerprint density at radius 1 is 1.31 bits per heavy atom. The fraction of sp³-hybridized carbons (Fsp3) is 0.176. The van der Waals surface area contributed by atoms with Crippen molar-refractivity contribution in [2.75, 3.05) is 5.32 Å². The van der Waals surface area contributed by atoms with Crippen molar-refractivity contribution in [1.29, 1.82) is 0 Å². The number of halogens is 1. The Kier molecular flexibility index (Phi) is 5.10. The third-order valence-corrected chi connectivity index (χ3v) is 5.65. The SMILES string of the molecule is Cc1ccc(Cc2cnc(NC(=O)c3cc([N+](=O)[O-])c(C)s3)s2)cc1F. The number of carbonyl (C=O) groups is 1. The van der Waals surface area contributed by atoms with E-state index in [0.29, 0.717) is 22.0 Å². The van der Waals surface area contributed by atoms with Crippen LogP contribution in [0.2, 0.25) is 0 Å². The smallest absolute Gasteiger partial charge is 0.283 e. The normalized spacial score (nSPS) is 10.7. The van der Waals surface area contributed by atoms with E-state index in [1.165, 1.54) is 23.5 Å². The molecular weight excluding hydrogens is 377 g/mol. The molecule has 0 bridgehead atoms. The van der Waals surface area contributed by atoms with Crippen LogP contribution in [0.1, 0.15) is 30.6 Å². The zero-order chi connectivity index (χ0) is 18.8. The number of amides is 1. The minimum Gasteiger partial charge on any atom is -0.297 e. The quantitative estimate of drug-likeness (QED) is 0.504. The third kappa shape index (κ3) is 3.94. The Hall–Kier alpha value is -2.65. The van der Waals surface area contributed by atoms with Crippen molar-refractivity contribution in [2.45, 2.75) is 20.3 Å². The van der Waals surface area contributed by atoms with E-state index < -0.39 is 10.8 Å². The number of anilines is 1. The molecule has 2 aromatic heterocycles. The lowest BCUT2D eigenvalue weighted by atomic mass is 10.1. The van der Waals surface area contributed by atoms with Gasteiger partial charge >= 0.3 is 0 Å². The van der Waals surface area contributed by atoms with E-state index in [9.17, 15) is 19.3 Å². The van der Waals surface area contributed by atoms with Gasteiger partial charge in [-0.05, 0) is 31.0 Å². The van der Waals surface area contributed by atoms with Gasteiger partial charge in [0.1, 0.15) is 5.82 Å². The highest BCUT2D eigenvalue weighted by molar-refractivity contribution is 7.16. The molecule has 9 heteroatoms. The van der Waals surface area contributed by atoms with Crippen LogP contribution in [-0.2, 0) is 6.42 Å². The van der Waals surface area contributed by atoms with Gasteiger partial charge in [0.15, 0.2) is 5.13 Å². The van der Waals surface area contributed by atoms with Crippen LogP contribution in [0, 0.1) is 29.8 Å². The lowest BCUT2D eigenvalue weighted by Gasteiger charge is -2.01. The molecule has 0 aliphatic carbocycles. The van der Waals surface area contributed by atoms with Gasteiger partial charge in [-0.3, -0.25) is 20.2 Å². The maximum Gasteiger partial charge on any atom is 0.283 e. The summed E-state index contributed by atoms with van der Waals surface area (Å²) in [5.74, 6) is -0.691. The van der Waals surface area contributed by atoms with Gasteiger partial charge in [-0.2, -0.15) is 0 Å². The molecule has 3 rings (SSSR count). The molecule has 3 aromatic rings. The average Bonchev–Trinajstić information content (AvgIpc) is 3.17. The monoisotopic (exact) mass is 391 g/mol. The minimum absolute atomic E-state index is 0.0682. The summed E-state index contributed by atoms with van der Waals surface area (Å²) in [5.41, 5.74) is 1.34. The summed E-state index contributed by atoms with van der Waals surface area (Å²) in [4.78, 5) is 28.4. The number of hydrogen-bond donors (Lipinski definition) is 1. The summed E-state index contributed by atoms with van der Waals surface area (Å²) in [7, 11) is 0. The minimum atomic E-state index is -0.509. The number of thiazole rings is 1. The van der Waals surface area contributed by atoms with Crippen LogP contribution in [0.15, 0.2) is 30.5 Å². The molecule has 134 valence electrons. The molecule has 0 aliphatic heterocycles. The molecule has 0 spiro atoms. The second-order valence-corrected chi connectivity index (χ2v) is 8.03. The Balaban J connectivity index is 1.69. The van der Waals surface area contributed by atoms with Crippen LogP contribution >= 0.6 is 22.7 Å². The highest BCUT2D eigenvalue weighted by Gasteiger charge is 2.20. The topological polar surface area (TPSA) is 85.1 Å². The summed E-state index contributed by atoms with van der Waals surface area (Å²) in [6.45, 7) is 3.30. The van der Waals surface area contributed by atoms with Gasteiger partial charge in [0.25, 0.3) is 11.6 Å². The van der Waals surface area contributed by atoms with E-state index in [0.717, 1.165) is 21.8 Å². The maximum absolute atomic E-state index is 13.6. The van der Waals surface area contributed by atoms with E-state index in [1.54, 1.807) is 26.1 Å². The van der Waals surface area contributed by atoms with Gasteiger partial charge in [-0.15, -0.1) is 22.7 Å². The van der Waals surface area contributed by atoms with Gasteiger partial charge < -0.3 is 0 Å². The summed E-state index contributed by atoms with van der Waals surface area (Å²) in [5, 5.41) is 13.9. The molecule has 0 fully saturated rings. The number of nitrogens with one attached hydrogen (secondary N) is 1. The lowest BCUT2D eigenvalue weighted by molar-refractivity contribution is -0.385. The first-order chi connectivity index (χ1) is 12.3. The Morgan fingerprint density at radius 2 is 2.08 bits per heavy atom. The first kappa shape index (κ1) is 18.2. The molecular formula is C17H14FN3O3S2. The van der Waals surface area contributed by atoms with Gasteiger partial charge in [0.05, 0.1) is 14.7 Å². The predicted octanol–water partition coefficient (Wildman–Crippen LogP) is 4.71. The third-order valence-electron chi connectivity index (χ3n) is 3.70. The summed E-state index contributed by atoms with van der Waals surface area (Å²) in [6, 6.07) is 6.32. The number of benzene rings is 1. The molecule has 0 radical (unpaired) electrons. The van der Waals surface area contributed by atoms with Crippen LogP contribution in [-0.4, -0.2) is 15.8 Å². The number of aromatic nitrogens is 1. The standard InChI is InChI=1S/C17H14FN3O3S2/c1-9-3-4-11(6-13(9)18)5-12-8-19-17(26-12)20-16(22)15-7-14(21(23)24)10(2)25-15/h3-4,6-8H,5H2,1-2H3,(H,19,20,22). The number of hydrogen-bond acceptors (Lipinski definition) is 6.